The van der Waals surface area contributed by atoms with Crippen molar-refractivity contribution in [2.24, 2.45) is 7.05 Å². The Bertz CT molecular complexity index is 1070. The van der Waals surface area contributed by atoms with Gasteiger partial charge in [0.05, 0.1) is 31.3 Å². The fourth-order valence-electron chi connectivity index (χ4n) is 3.09. The molecule has 4 rings (SSSR count). The number of carbonyl (C=O) groups is 1. The minimum Gasteiger partial charge on any atom is -0.422 e. The quantitative estimate of drug-likeness (QED) is 0.607. The number of aromatic nitrogens is 2. The highest BCUT2D eigenvalue weighted by molar-refractivity contribution is 6.31. The maximum Gasteiger partial charge on any atom is 0.349 e. The highest BCUT2D eigenvalue weighted by Crippen LogP contribution is 2.19. The summed E-state index contributed by atoms with van der Waals surface area (Å²) in [5, 5.41) is 5.37. The van der Waals surface area contributed by atoms with E-state index in [4.69, 9.17) is 25.5 Å². The normalized spacial score (nSPS) is 14.6. The van der Waals surface area contributed by atoms with Crippen molar-refractivity contribution in [3.63, 3.8) is 0 Å². The SMILES string of the molecule is Cn1cc(Cl)c(CN(CC2OCCO2)C(=O)c2cc3ccccc3oc2=O)n1. The predicted molar refractivity (Wildman–Crippen MR) is 101 cm³/mol. The van der Waals surface area contributed by atoms with Crippen LogP contribution in [0.1, 0.15) is 16.1 Å². The molecule has 1 amide bonds. The Labute approximate surface area is 165 Å². The number of rotatable bonds is 5. The number of para-hydroxylation sites is 1. The van der Waals surface area contributed by atoms with E-state index in [1.807, 2.05) is 6.07 Å². The molecule has 146 valence electrons. The third kappa shape index (κ3) is 3.80. The second kappa shape index (κ2) is 7.75. The molecule has 9 heteroatoms. The summed E-state index contributed by atoms with van der Waals surface area (Å²) in [6.07, 6.45) is 1.07. The molecule has 1 aromatic carbocycles. The minimum absolute atomic E-state index is 0.0660. The average Bonchev–Trinajstić information content (AvgIpc) is 3.29. The van der Waals surface area contributed by atoms with Gasteiger partial charge < -0.3 is 18.8 Å². The number of nitrogens with zero attached hydrogens (tertiary/aromatic N) is 3. The zero-order valence-corrected chi connectivity index (χ0v) is 15.9. The molecule has 0 N–H and O–H groups in total. The molecule has 28 heavy (non-hydrogen) atoms. The number of hydrogen-bond donors (Lipinski definition) is 0. The van der Waals surface area contributed by atoms with Crippen molar-refractivity contribution < 1.29 is 18.7 Å². The molecule has 8 nitrogen and oxygen atoms in total. The molecule has 1 aliphatic heterocycles. The summed E-state index contributed by atoms with van der Waals surface area (Å²) in [6, 6.07) is 8.56. The van der Waals surface area contributed by atoms with Gasteiger partial charge in [-0.15, -0.1) is 0 Å². The van der Waals surface area contributed by atoms with Crippen LogP contribution in [0.25, 0.3) is 11.0 Å². The number of aryl methyl sites for hydroxylation is 1. The molecular formula is C19H18ClN3O5. The van der Waals surface area contributed by atoms with Crippen molar-refractivity contribution in [3.05, 3.63) is 63.2 Å². The van der Waals surface area contributed by atoms with Gasteiger partial charge in [0.25, 0.3) is 5.91 Å². The molecule has 0 radical (unpaired) electrons. The van der Waals surface area contributed by atoms with Gasteiger partial charge in [0.2, 0.25) is 0 Å². The number of amides is 1. The van der Waals surface area contributed by atoms with Crippen molar-refractivity contribution >= 4 is 28.5 Å². The zero-order valence-electron chi connectivity index (χ0n) is 15.1. The van der Waals surface area contributed by atoms with E-state index in [9.17, 15) is 9.59 Å². The molecule has 3 heterocycles. The van der Waals surface area contributed by atoms with Crippen molar-refractivity contribution in [3.8, 4) is 0 Å². The molecule has 3 aromatic rings. The Morgan fingerprint density at radius 3 is 2.79 bits per heavy atom. The summed E-state index contributed by atoms with van der Waals surface area (Å²) in [5.74, 6) is -0.500. The predicted octanol–water partition coefficient (Wildman–Crippen LogP) is 2.20. The number of benzene rings is 1. The second-order valence-corrected chi connectivity index (χ2v) is 6.85. The highest BCUT2D eigenvalue weighted by atomic mass is 35.5. The average molecular weight is 404 g/mol. The van der Waals surface area contributed by atoms with Crippen LogP contribution in [0.2, 0.25) is 5.02 Å². The third-order valence-corrected chi connectivity index (χ3v) is 4.73. The van der Waals surface area contributed by atoms with E-state index in [1.165, 1.54) is 11.0 Å². The Morgan fingerprint density at radius 2 is 2.07 bits per heavy atom. The lowest BCUT2D eigenvalue weighted by Gasteiger charge is -2.24. The molecule has 1 saturated heterocycles. The van der Waals surface area contributed by atoms with Crippen LogP contribution in [0.15, 0.2) is 45.7 Å². The van der Waals surface area contributed by atoms with Crippen molar-refractivity contribution in [1.82, 2.24) is 14.7 Å². The van der Waals surface area contributed by atoms with Gasteiger partial charge in [-0.2, -0.15) is 5.10 Å². The van der Waals surface area contributed by atoms with Gasteiger partial charge in [0.15, 0.2) is 6.29 Å². The topological polar surface area (TPSA) is 86.8 Å². The minimum atomic E-state index is -0.700. The first-order valence-electron chi connectivity index (χ1n) is 8.74. The molecule has 1 fully saturated rings. The number of hydrogen-bond acceptors (Lipinski definition) is 6. The highest BCUT2D eigenvalue weighted by Gasteiger charge is 2.27. The Balaban J connectivity index is 1.68. The maximum atomic E-state index is 13.2. The maximum absolute atomic E-state index is 13.2. The lowest BCUT2D eigenvalue weighted by molar-refractivity contribution is -0.0586. The second-order valence-electron chi connectivity index (χ2n) is 6.44. The van der Waals surface area contributed by atoms with Crippen molar-refractivity contribution in [2.45, 2.75) is 12.8 Å². The van der Waals surface area contributed by atoms with Crippen LogP contribution in [0.3, 0.4) is 0 Å². The monoisotopic (exact) mass is 403 g/mol. The summed E-state index contributed by atoms with van der Waals surface area (Å²) >= 11 is 6.20. The van der Waals surface area contributed by atoms with Crippen molar-refractivity contribution in [1.29, 1.82) is 0 Å². The van der Waals surface area contributed by atoms with Crippen LogP contribution in [0.4, 0.5) is 0 Å². The third-order valence-electron chi connectivity index (χ3n) is 4.41. The molecule has 0 saturated carbocycles. The molecule has 1 aliphatic rings. The fraction of sp³-hybridized carbons (Fsp3) is 0.316. The van der Waals surface area contributed by atoms with Gasteiger partial charge in [0.1, 0.15) is 16.8 Å². The number of carbonyl (C=O) groups excluding carboxylic acids is 1. The molecule has 0 unspecified atom stereocenters. The summed E-state index contributed by atoms with van der Waals surface area (Å²) in [5.41, 5.74) is 0.171. The molecule has 0 atom stereocenters. The molecule has 0 spiro atoms. The smallest absolute Gasteiger partial charge is 0.349 e. The van der Waals surface area contributed by atoms with Gasteiger partial charge in [-0.25, -0.2) is 4.79 Å². The summed E-state index contributed by atoms with van der Waals surface area (Å²) in [7, 11) is 1.74. The lowest BCUT2D eigenvalue weighted by Crippen LogP contribution is -2.39. The van der Waals surface area contributed by atoms with Crippen LogP contribution >= 0.6 is 11.6 Å². The Kier molecular flexibility index (Phi) is 5.17. The van der Waals surface area contributed by atoms with E-state index in [1.54, 1.807) is 36.1 Å². The number of ether oxygens (including phenoxy) is 2. The van der Waals surface area contributed by atoms with E-state index in [2.05, 4.69) is 5.10 Å². The van der Waals surface area contributed by atoms with Gasteiger partial charge in [-0.1, -0.05) is 29.8 Å². The van der Waals surface area contributed by atoms with Crippen LogP contribution in [-0.2, 0) is 23.1 Å². The summed E-state index contributed by atoms with van der Waals surface area (Å²) in [4.78, 5) is 27.0. The van der Waals surface area contributed by atoms with Crippen LogP contribution in [0.5, 0.6) is 0 Å². The molecule has 0 aliphatic carbocycles. The van der Waals surface area contributed by atoms with Gasteiger partial charge in [-0.05, 0) is 12.1 Å². The number of fused-ring (bicyclic) bond motifs is 1. The first kappa shape index (κ1) is 18.7. The lowest BCUT2D eigenvalue weighted by atomic mass is 10.1. The standard InChI is InChI=1S/C19H18ClN3O5/c1-22-9-14(20)15(21-22)10-23(11-17-26-6-7-27-17)18(24)13-8-12-4-2-3-5-16(12)28-19(13)25/h2-5,8-9,17H,6-7,10-11H2,1H3. The van der Waals surface area contributed by atoms with Gasteiger partial charge in [0, 0.05) is 18.6 Å². The number of halogens is 1. The first-order valence-corrected chi connectivity index (χ1v) is 9.12. The van der Waals surface area contributed by atoms with E-state index >= 15 is 0 Å². The van der Waals surface area contributed by atoms with Crippen molar-refractivity contribution in [2.75, 3.05) is 19.8 Å². The van der Waals surface area contributed by atoms with E-state index in [0.29, 0.717) is 34.9 Å². The zero-order chi connectivity index (χ0) is 19.7. The largest absolute Gasteiger partial charge is 0.422 e. The molecule has 2 aromatic heterocycles. The van der Waals surface area contributed by atoms with E-state index in [0.717, 1.165) is 0 Å². The van der Waals surface area contributed by atoms with E-state index in [-0.39, 0.29) is 18.7 Å². The summed E-state index contributed by atoms with van der Waals surface area (Å²) < 4.78 is 17.8. The Morgan fingerprint density at radius 1 is 1.32 bits per heavy atom. The van der Waals surface area contributed by atoms with Crippen LogP contribution < -0.4 is 5.63 Å². The fourth-order valence-corrected chi connectivity index (χ4v) is 3.33. The summed E-state index contributed by atoms with van der Waals surface area (Å²) in [6.45, 7) is 1.15. The van der Waals surface area contributed by atoms with Gasteiger partial charge >= 0.3 is 5.63 Å². The van der Waals surface area contributed by atoms with Crippen LogP contribution in [0, 0.1) is 0 Å². The first-order chi connectivity index (χ1) is 13.5. The van der Waals surface area contributed by atoms with Crippen LogP contribution in [-0.4, -0.2) is 46.6 Å². The molecule has 0 bridgehead atoms. The molecular weight excluding hydrogens is 386 g/mol. The Hall–Kier alpha value is -2.68. The van der Waals surface area contributed by atoms with Gasteiger partial charge in [-0.3, -0.25) is 9.48 Å². The van der Waals surface area contributed by atoms with E-state index < -0.39 is 17.8 Å².